The van der Waals surface area contributed by atoms with Gasteiger partial charge in [-0.15, -0.1) is 0 Å². The Labute approximate surface area is 154 Å². The summed E-state index contributed by atoms with van der Waals surface area (Å²) in [5, 5.41) is 0.914. The van der Waals surface area contributed by atoms with Crippen molar-refractivity contribution in [2.24, 2.45) is 0 Å². The van der Waals surface area contributed by atoms with E-state index in [2.05, 4.69) is 15.0 Å². The lowest BCUT2D eigenvalue weighted by atomic mass is 10.2. The number of para-hydroxylation sites is 1. The van der Waals surface area contributed by atoms with Crippen molar-refractivity contribution in [2.45, 2.75) is 25.0 Å². The quantitative estimate of drug-likeness (QED) is 0.517. The van der Waals surface area contributed by atoms with E-state index >= 15 is 0 Å². The predicted molar refractivity (Wildman–Crippen MR) is 100 cm³/mol. The first-order chi connectivity index (χ1) is 12.7. The number of fused-ring (bicyclic) bond motifs is 2. The molecule has 26 heavy (non-hydrogen) atoms. The zero-order valence-corrected chi connectivity index (χ0v) is 15.1. The third-order valence-corrected chi connectivity index (χ3v) is 5.07. The molecule has 3 heterocycles. The maximum atomic E-state index is 12.7. The van der Waals surface area contributed by atoms with Crippen LogP contribution in [0.1, 0.15) is 12.5 Å². The molecule has 0 spiro atoms. The Morgan fingerprint density at radius 2 is 2.12 bits per heavy atom. The fourth-order valence-corrected chi connectivity index (χ4v) is 3.61. The van der Waals surface area contributed by atoms with Crippen molar-refractivity contribution in [1.82, 2.24) is 19.5 Å². The van der Waals surface area contributed by atoms with E-state index in [-0.39, 0.29) is 18.0 Å². The number of benzene rings is 1. The molecule has 0 radical (unpaired) electrons. The van der Waals surface area contributed by atoms with Crippen molar-refractivity contribution in [3.63, 3.8) is 0 Å². The summed E-state index contributed by atoms with van der Waals surface area (Å²) >= 11 is 1.49. The molecule has 3 aromatic rings. The van der Waals surface area contributed by atoms with Gasteiger partial charge in [0.1, 0.15) is 18.3 Å². The van der Waals surface area contributed by atoms with E-state index in [0.717, 1.165) is 23.4 Å². The molecule has 8 heteroatoms. The van der Waals surface area contributed by atoms with Crippen molar-refractivity contribution >= 4 is 34.4 Å². The van der Waals surface area contributed by atoms with Gasteiger partial charge >= 0.3 is 0 Å². The number of hydrogen-bond donors (Lipinski definition) is 0. The summed E-state index contributed by atoms with van der Waals surface area (Å²) in [5.41, 5.74) is 2.13. The summed E-state index contributed by atoms with van der Waals surface area (Å²) in [5.74, 6) is 0.714. The van der Waals surface area contributed by atoms with Crippen LogP contribution in [0.3, 0.4) is 0 Å². The minimum absolute atomic E-state index is 0.0540. The van der Waals surface area contributed by atoms with Crippen LogP contribution in [-0.2, 0) is 17.8 Å². The number of amides is 1. The molecule has 132 valence electrons. The first kappa shape index (κ1) is 16.7. The molecule has 0 fully saturated rings. The molecular formula is C18H17N5O2S. The Kier molecular flexibility index (Phi) is 4.42. The number of aromatic nitrogens is 4. The van der Waals surface area contributed by atoms with Crippen molar-refractivity contribution in [2.75, 3.05) is 17.2 Å². The van der Waals surface area contributed by atoms with Crippen LogP contribution in [0.5, 0.6) is 0 Å². The van der Waals surface area contributed by atoms with E-state index in [1.165, 1.54) is 28.9 Å². The summed E-state index contributed by atoms with van der Waals surface area (Å²) in [6, 6.07) is 7.84. The van der Waals surface area contributed by atoms with E-state index in [4.69, 9.17) is 0 Å². The van der Waals surface area contributed by atoms with Gasteiger partial charge in [-0.05, 0) is 23.8 Å². The highest BCUT2D eigenvalue weighted by atomic mass is 32.2. The van der Waals surface area contributed by atoms with Crippen LogP contribution in [0.2, 0.25) is 0 Å². The Hall–Kier alpha value is -2.74. The van der Waals surface area contributed by atoms with E-state index < -0.39 is 0 Å². The number of nitrogens with zero attached hydrogens (tertiary/aromatic N) is 5. The van der Waals surface area contributed by atoms with E-state index in [0.29, 0.717) is 22.7 Å². The van der Waals surface area contributed by atoms with Gasteiger partial charge in [-0.1, -0.05) is 36.9 Å². The molecule has 0 bridgehead atoms. The number of thioether (sulfide) groups is 1. The lowest BCUT2D eigenvalue weighted by molar-refractivity contribution is -0.119. The van der Waals surface area contributed by atoms with Gasteiger partial charge in [0, 0.05) is 18.4 Å². The Bertz CT molecular complexity index is 1050. The molecule has 0 N–H and O–H groups in total. The Balaban J connectivity index is 1.61. The highest BCUT2D eigenvalue weighted by Gasteiger charge is 2.24. The topological polar surface area (TPSA) is 81.0 Å². The van der Waals surface area contributed by atoms with Crippen LogP contribution >= 0.6 is 11.8 Å². The summed E-state index contributed by atoms with van der Waals surface area (Å²) in [4.78, 5) is 39.8. The van der Waals surface area contributed by atoms with Crippen LogP contribution < -0.4 is 10.5 Å². The van der Waals surface area contributed by atoms with Gasteiger partial charge in [0.05, 0.1) is 0 Å². The largest absolute Gasteiger partial charge is 0.310 e. The van der Waals surface area contributed by atoms with Crippen molar-refractivity contribution in [3.8, 4) is 0 Å². The molecular weight excluding hydrogens is 350 g/mol. The maximum Gasteiger partial charge on any atom is 0.264 e. The van der Waals surface area contributed by atoms with Crippen molar-refractivity contribution < 1.29 is 4.79 Å². The van der Waals surface area contributed by atoms with E-state index in [9.17, 15) is 9.59 Å². The van der Waals surface area contributed by atoms with Crippen molar-refractivity contribution in [3.05, 3.63) is 52.7 Å². The third kappa shape index (κ3) is 2.96. The number of anilines is 1. The molecule has 0 atom stereocenters. The average molecular weight is 367 g/mol. The van der Waals surface area contributed by atoms with Crippen LogP contribution in [0.25, 0.3) is 11.0 Å². The minimum Gasteiger partial charge on any atom is -0.310 e. The predicted octanol–water partition coefficient (Wildman–Crippen LogP) is 1.89. The van der Waals surface area contributed by atoms with Gasteiger partial charge in [0.25, 0.3) is 5.56 Å². The summed E-state index contributed by atoms with van der Waals surface area (Å²) in [6.45, 7) is 2.59. The van der Waals surface area contributed by atoms with E-state index in [1.54, 1.807) is 4.90 Å². The molecule has 1 aliphatic heterocycles. The molecule has 2 aromatic heterocycles. The highest BCUT2D eigenvalue weighted by Crippen LogP contribution is 2.27. The second kappa shape index (κ2) is 6.87. The fraction of sp³-hybridized carbons (Fsp3) is 0.278. The normalized spacial score (nSPS) is 13.2. The Morgan fingerprint density at radius 3 is 2.96 bits per heavy atom. The van der Waals surface area contributed by atoms with Crippen molar-refractivity contribution in [1.29, 1.82) is 0 Å². The third-order valence-electron chi connectivity index (χ3n) is 4.32. The molecule has 1 aliphatic rings. The van der Waals surface area contributed by atoms with Crippen LogP contribution in [0.4, 0.5) is 5.69 Å². The molecule has 1 aromatic carbocycles. The number of hydrogen-bond acceptors (Lipinski definition) is 6. The molecule has 0 saturated heterocycles. The molecule has 0 aliphatic carbocycles. The first-order valence-corrected chi connectivity index (χ1v) is 9.39. The van der Waals surface area contributed by atoms with Gasteiger partial charge in [-0.2, -0.15) is 0 Å². The zero-order chi connectivity index (χ0) is 18.1. The van der Waals surface area contributed by atoms with Gasteiger partial charge in [-0.25, -0.2) is 15.0 Å². The fourth-order valence-electron chi connectivity index (χ4n) is 3.08. The number of carbonyl (C=O) groups is 1. The molecule has 7 nitrogen and oxygen atoms in total. The summed E-state index contributed by atoms with van der Waals surface area (Å²) in [7, 11) is 0. The summed E-state index contributed by atoms with van der Waals surface area (Å²) < 4.78 is 1.32. The minimum atomic E-state index is -0.302. The molecule has 0 unspecified atom stereocenters. The van der Waals surface area contributed by atoms with Crippen LogP contribution in [-0.4, -0.2) is 37.7 Å². The lowest BCUT2D eigenvalue weighted by Crippen LogP contribution is -2.35. The second-order valence-electron chi connectivity index (χ2n) is 5.92. The zero-order valence-electron chi connectivity index (χ0n) is 14.3. The van der Waals surface area contributed by atoms with Gasteiger partial charge in [0.2, 0.25) is 5.91 Å². The molecule has 1 amide bonds. The van der Waals surface area contributed by atoms with Crippen LogP contribution in [0.15, 0.2) is 46.7 Å². The highest BCUT2D eigenvalue weighted by molar-refractivity contribution is 7.99. The summed E-state index contributed by atoms with van der Waals surface area (Å²) in [6.07, 6.45) is 3.71. The van der Waals surface area contributed by atoms with Gasteiger partial charge in [0.15, 0.2) is 10.8 Å². The second-order valence-corrected chi connectivity index (χ2v) is 7.16. The number of rotatable bonds is 4. The average Bonchev–Trinajstić information content (AvgIpc) is 3.08. The first-order valence-electron chi connectivity index (χ1n) is 8.40. The van der Waals surface area contributed by atoms with Crippen LogP contribution in [0, 0.1) is 0 Å². The van der Waals surface area contributed by atoms with E-state index in [1.807, 2.05) is 31.2 Å². The smallest absolute Gasteiger partial charge is 0.264 e. The molecule has 0 saturated carbocycles. The standard InChI is InChI=1S/C18H17N5O2S/c1-2-26-18-19-9-13-16(21-18)20-11-22(17(13)25)10-15(24)23-8-7-12-5-3-4-6-14(12)23/h3-6,9,11H,2,7-8,10H2,1H3. The van der Waals surface area contributed by atoms with Gasteiger partial charge in [-0.3, -0.25) is 14.2 Å². The Morgan fingerprint density at radius 1 is 1.27 bits per heavy atom. The SMILES string of the molecule is CCSc1ncc2c(=O)n(CC(=O)N3CCc4ccccc43)cnc2n1. The van der Waals surface area contributed by atoms with Gasteiger partial charge < -0.3 is 4.90 Å². The lowest BCUT2D eigenvalue weighted by Gasteiger charge is -2.17. The maximum absolute atomic E-state index is 12.7. The molecule has 4 rings (SSSR count). The monoisotopic (exact) mass is 367 g/mol. The number of carbonyl (C=O) groups excluding carboxylic acids is 1.